The number of ketones is 1. The fourth-order valence-corrected chi connectivity index (χ4v) is 4.35. The van der Waals surface area contributed by atoms with Gasteiger partial charge in [0.25, 0.3) is 0 Å². The average Bonchev–Trinajstić information content (AvgIpc) is 2.91. The molecule has 0 spiro atoms. The van der Waals surface area contributed by atoms with Gasteiger partial charge in [-0.3, -0.25) is 4.79 Å². The predicted molar refractivity (Wildman–Crippen MR) is 150 cm³/mol. The fourth-order valence-electron chi connectivity index (χ4n) is 4.35. The van der Waals surface area contributed by atoms with Crippen molar-refractivity contribution in [3.05, 3.63) is 95.1 Å². The number of carbonyl (C=O) groups excluding carboxylic acids is 1. The molecular formula is C32H36O6. The smallest absolute Gasteiger partial charge is 0.193 e. The molecule has 0 aromatic heterocycles. The van der Waals surface area contributed by atoms with Gasteiger partial charge in [-0.05, 0) is 54.3 Å². The second-order valence-electron chi connectivity index (χ2n) is 9.22. The van der Waals surface area contributed by atoms with Crippen LogP contribution in [0.2, 0.25) is 0 Å². The molecule has 0 radical (unpaired) electrons. The van der Waals surface area contributed by atoms with Crippen LogP contribution in [-0.2, 0) is 0 Å². The summed E-state index contributed by atoms with van der Waals surface area (Å²) in [4.78, 5) is 13.2. The maximum absolute atomic E-state index is 13.2. The summed E-state index contributed by atoms with van der Waals surface area (Å²) in [6.07, 6.45) is 13.4. The third-order valence-electron chi connectivity index (χ3n) is 6.43. The van der Waals surface area contributed by atoms with Crippen molar-refractivity contribution in [3.63, 3.8) is 0 Å². The highest BCUT2D eigenvalue weighted by molar-refractivity contribution is 6.11. The van der Waals surface area contributed by atoms with Crippen molar-refractivity contribution >= 4 is 11.9 Å². The lowest BCUT2D eigenvalue weighted by molar-refractivity contribution is 0.104. The Hall–Kier alpha value is -4.19. The molecule has 6 heteroatoms. The second kappa shape index (κ2) is 13.9. The van der Waals surface area contributed by atoms with Crippen LogP contribution in [0.4, 0.5) is 0 Å². The summed E-state index contributed by atoms with van der Waals surface area (Å²) in [5, 5.41) is 41.6. The SMILES string of the molecule is CCCCCCCC=CC(c1ccc(O)cc1)c1c(O)cc(OC)c(C(=O)C=Cc2ccc(O)cc2)c1O. The molecule has 0 amide bonds. The number of allylic oxidation sites excluding steroid dienone is 3. The molecule has 0 fully saturated rings. The Morgan fingerprint density at radius 1 is 0.895 bits per heavy atom. The van der Waals surface area contributed by atoms with Crippen LogP contribution in [0.25, 0.3) is 6.08 Å². The van der Waals surface area contributed by atoms with E-state index in [0.29, 0.717) is 5.56 Å². The van der Waals surface area contributed by atoms with Crippen molar-refractivity contribution in [1.29, 1.82) is 0 Å². The van der Waals surface area contributed by atoms with Crippen LogP contribution < -0.4 is 4.74 Å². The zero-order valence-electron chi connectivity index (χ0n) is 21.9. The van der Waals surface area contributed by atoms with E-state index in [0.717, 1.165) is 24.8 Å². The van der Waals surface area contributed by atoms with Gasteiger partial charge in [0.15, 0.2) is 5.78 Å². The lowest BCUT2D eigenvalue weighted by atomic mass is 9.87. The van der Waals surface area contributed by atoms with Crippen molar-refractivity contribution in [1.82, 2.24) is 0 Å². The number of ether oxygens (including phenoxy) is 1. The number of hydrogen-bond acceptors (Lipinski definition) is 6. The van der Waals surface area contributed by atoms with Gasteiger partial charge in [0.2, 0.25) is 0 Å². The number of phenolic OH excluding ortho intramolecular Hbond substituents is 4. The topological polar surface area (TPSA) is 107 Å². The van der Waals surface area contributed by atoms with Crippen LogP contribution in [0.3, 0.4) is 0 Å². The van der Waals surface area contributed by atoms with Crippen LogP contribution in [-0.4, -0.2) is 33.3 Å². The quantitative estimate of drug-likeness (QED) is 0.0813. The number of unbranched alkanes of at least 4 members (excludes halogenated alkanes) is 5. The van der Waals surface area contributed by atoms with E-state index in [1.54, 1.807) is 42.5 Å². The van der Waals surface area contributed by atoms with Crippen LogP contribution in [0.1, 0.15) is 78.4 Å². The maximum Gasteiger partial charge on any atom is 0.193 e. The van der Waals surface area contributed by atoms with E-state index in [9.17, 15) is 25.2 Å². The van der Waals surface area contributed by atoms with Gasteiger partial charge in [-0.15, -0.1) is 0 Å². The van der Waals surface area contributed by atoms with E-state index in [4.69, 9.17) is 4.74 Å². The van der Waals surface area contributed by atoms with Crippen LogP contribution in [0, 0.1) is 0 Å². The summed E-state index contributed by atoms with van der Waals surface area (Å²) in [6.45, 7) is 2.18. The average molecular weight is 517 g/mol. The Balaban J connectivity index is 2.00. The lowest BCUT2D eigenvalue weighted by Crippen LogP contribution is -2.06. The van der Waals surface area contributed by atoms with Gasteiger partial charge in [-0.2, -0.15) is 0 Å². The van der Waals surface area contributed by atoms with E-state index < -0.39 is 11.7 Å². The molecular weight excluding hydrogens is 480 g/mol. The third kappa shape index (κ3) is 7.42. The summed E-state index contributed by atoms with van der Waals surface area (Å²) in [5.41, 5.74) is 1.54. The minimum absolute atomic E-state index is 0.0495. The molecule has 0 aliphatic rings. The highest BCUT2D eigenvalue weighted by Gasteiger charge is 2.27. The van der Waals surface area contributed by atoms with Crippen molar-refractivity contribution in [3.8, 4) is 28.7 Å². The number of phenols is 4. The molecule has 4 N–H and O–H groups in total. The van der Waals surface area contributed by atoms with Gasteiger partial charge < -0.3 is 25.2 Å². The maximum atomic E-state index is 13.2. The number of carbonyl (C=O) groups is 1. The predicted octanol–water partition coefficient (Wildman–Crippen LogP) is 7.46. The Kier molecular flexibility index (Phi) is 10.4. The monoisotopic (exact) mass is 516 g/mol. The summed E-state index contributed by atoms with van der Waals surface area (Å²) < 4.78 is 5.34. The summed E-state index contributed by atoms with van der Waals surface area (Å²) >= 11 is 0. The summed E-state index contributed by atoms with van der Waals surface area (Å²) in [5.74, 6) is -1.37. The first kappa shape index (κ1) is 28.4. The van der Waals surface area contributed by atoms with E-state index >= 15 is 0 Å². The minimum Gasteiger partial charge on any atom is -0.508 e. The van der Waals surface area contributed by atoms with E-state index in [1.807, 2.05) is 12.2 Å². The Bertz CT molecular complexity index is 1260. The third-order valence-corrected chi connectivity index (χ3v) is 6.43. The fraction of sp³-hybridized carbons (Fsp3) is 0.281. The highest BCUT2D eigenvalue weighted by atomic mass is 16.5. The molecule has 3 rings (SSSR count). The molecule has 6 nitrogen and oxygen atoms in total. The van der Waals surface area contributed by atoms with Crippen molar-refractivity contribution in [2.75, 3.05) is 7.11 Å². The molecule has 38 heavy (non-hydrogen) atoms. The second-order valence-corrected chi connectivity index (χ2v) is 9.22. The molecule has 3 aromatic carbocycles. The zero-order chi connectivity index (χ0) is 27.5. The Labute approximate surface area is 224 Å². The van der Waals surface area contributed by atoms with E-state index in [-0.39, 0.29) is 39.9 Å². The largest absolute Gasteiger partial charge is 0.508 e. The first-order valence-corrected chi connectivity index (χ1v) is 13.0. The first-order chi connectivity index (χ1) is 18.3. The molecule has 0 saturated carbocycles. The molecule has 1 atom stereocenters. The summed E-state index contributed by atoms with van der Waals surface area (Å²) in [6, 6.07) is 14.2. The van der Waals surface area contributed by atoms with Crippen LogP contribution in [0.5, 0.6) is 28.7 Å². The Morgan fingerprint density at radius 3 is 2.16 bits per heavy atom. The molecule has 3 aromatic rings. The molecule has 1 unspecified atom stereocenters. The van der Waals surface area contributed by atoms with Crippen molar-refractivity contribution in [2.45, 2.75) is 51.4 Å². The molecule has 0 heterocycles. The van der Waals surface area contributed by atoms with Crippen LogP contribution >= 0.6 is 0 Å². The van der Waals surface area contributed by atoms with Crippen molar-refractivity contribution < 1.29 is 30.0 Å². The van der Waals surface area contributed by atoms with E-state index in [2.05, 4.69) is 6.92 Å². The number of rotatable bonds is 13. The molecule has 0 bridgehead atoms. The van der Waals surface area contributed by atoms with Crippen LogP contribution in [0.15, 0.2) is 72.8 Å². The van der Waals surface area contributed by atoms with Gasteiger partial charge in [0.05, 0.1) is 7.11 Å². The molecule has 200 valence electrons. The number of hydrogen-bond donors (Lipinski definition) is 4. The highest BCUT2D eigenvalue weighted by Crippen LogP contribution is 2.45. The summed E-state index contributed by atoms with van der Waals surface area (Å²) in [7, 11) is 1.37. The van der Waals surface area contributed by atoms with Gasteiger partial charge in [0, 0.05) is 17.5 Å². The normalized spacial score (nSPS) is 12.3. The standard InChI is InChI=1S/C32H36O6/c1-3-4-5-6-7-8-9-10-26(23-14-18-25(34)19-15-23)30-28(36)21-29(38-2)31(32(30)37)27(35)20-13-22-11-16-24(33)17-12-22/h9-21,26,33-34,36-37H,3-8H2,1-2H3. The molecule has 0 saturated heterocycles. The molecule has 0 aliphatic heterocycles. The van der Waals surface area contributed by atoms with Crippen molar-refractivity contribution in [2.24, 2.45) is 0 Å². The zero-order valence-corrected chi connectivity index (χ0v) is 21.9. The van der Waals surface area contributed by atoms with Gasteiger partial charge in [0.1, 0.15) is 34.3 Å². The first-order valence-electron chi connectivity index (χ1n) is 13.0. The van der Waals surface area contributed by atoms with Gasteiger partial charge in [-0.25, -0.2) is 0 Å². The van der Waals surface area contributed by atoms with Gasteiger partial charge in [-0.1, -0.05) is 75.1 Å². The molecule has 0 aliphatic carbocycles. The minimum atomic E-state index is -0.565. The number of benzene rings is 3. The Morgan fingerprint density at radius 2 is 1.53 bits per heavy atom. The lowest BCUT2D eigenvalue weighted by Gasteiger charge is -2.20. The number of aromatic hydroxyl groups is 4. The van der Waals surface area contributed by atoms with E-state index in [1.165, 1.54) is 50.6 Å². The number of methoxy groups -OCH3 is 1. The van der Waals surface area contributed by atoms with Gasteiger partial charge >= 0.3 is 0 Å².